The molecule has 1 heterocycles. The Morgan fingerprint density at radius 3 is 2.63 bits per heavy atom. The highest BCUT2D eigenvalue weighted by Crippen LogP contribution is 2.38. The van der Waals surface area contributed by atoms with Crippen LogP contribution in [0.3, 0.4) is 0 Å². The molecule has 0 amide bonds. The number of piperidine rings is 1. The van der Waals surface area contributed by atoms with Crippen LogP contribution >= 0.6 is 11.6 Å². The molecular formula is C23H28ClNO2. The number of rotatable bonds is 8. The summed E-state index contributed by atoms with van der Waals surface area (Å²) in [5.74, 6) is 0. The van der Waals surface area contributed by atoms with Crippen molar-refractivity contribution >= 4 is 11.6 Å². The molecule has 0 spiro atoms. The monoisotopic (exact) mass is 385 g/mol. The van der Waals surface area contributed by atoms with Crippen molar-refractivity contribution in [3.8, 4) is 0 Å². The van der Waals surface area contributed by atoms with E-state index in [-0.39, 0.29) is 6.10 Å². The van der Waals surface area contributed by atoms with Crippen molar-refractivity contribution in [3.05, 3.63) is 82.9 Å². The lowest BCUT2D eigenvalue weighted by Gasteiger charge is -2.44. The maximum Gasteiger partial charge on any atom is 0.122 e. The van der Waals surface area contributed by atoms with Gasteiger partial charge in [0.15, 0.2) is 0 Å². The van der Waals surface area contributed by atoms with E-state index in [9.17, 15) is 0 Å². The van der Waals surface area contributed by atoms with E-state index in [0.29, 0.717) is 13.2 Å². The summed E-state index contributed by atoms with van der Waals surface area (Å²) in [6.45, 7) is 4.91. The molecule has 0 unspecified atom stereocenters. The molecule has 144 valence electrons. The minimum Gasteiger partial charge on any atom is -0.369 e. The number of allylic oxidation sites excluding steroid dienone is 1. The lowest BCUT2D eigenvalue weighted by molar-refractivity contribution is -0.168. The van der Waals surface area contributed by atoms with Crippen molar-refractivity contribution in [1.82, 2.24) is 5.32 Å². The van der Waals surface area contributed by atoms with Crippen molar-refractivity contribution < 1.29 is 9.47 Å². The molecule has 1 aliphatic heterocycles. The quantitative estimate of drug-likeness (QED) is 0.641. The van der Waals surface area contributed by atoms with Gasteiger partial charge < -0.3 is 14.8 Å². The fraction of sp³-hybridized carbons (Fsp3) is 0.391. The molecular weight excluding hydrogens is 358 g/mol. The molecule has 4 heteroatoms. The predicted molar refractivity (Wildman–Crippen MR) is 111 cm³/mol. The van der Waals surface area contributed by atoms with Crippen LogP contribution in [0.15, 0.2) is 66.7 Å². The number of halogens is 1. The fourth-order valence-corrected chi connectivity index (χ4v) is 3.66. The molecule has 0 bridgehead atoms. The third-order valence-corrected chi connectivity index (χ3v) is 5.24. The fourth-order valence-electron chi connectivity index (χ4n) is 3.53. The normalized spacial score (nSPS) is 23.0. The van der Waals surface area contributed by atoms with Crippen LogP contribution in [0.4, 0.5) is 0 Å². The van der Waals surface area contributed by atoms with Gasteiger partial charge in [0, 0.05) is 11.6 Å². The van der Waals surface area contributed by atoms with Gasteiger partial charge in [-0.05, 0) is 42.6 Å². The van der Waals surface area contributed by atoms with Crippen LogP contribution in [-0.4, -0.2) is 25.8 Å². The van der Waals surface area contributed by atoms with Gasteiger partial charge in [-0.15, -0.1) is 0 Å². The second-order valence-electron chi connectivity index (χ2n) is 6.83. The first-order valence-corrected chi connectivity index (χ1v) is 10.0. The van der Waals surface area contributed by atoms with E-state index in [4.69, 9.17) is 21.1 Å². The average molecular weight is 386 g/mol. The zero-order valence-electron chi connectivity index (χ0n) is 15.9. The van der Waals surface area contributed by atoms with Crippen molar-refractivity contribution in [3.63, 3.8) is 0 Å². The minimum absolute atomic E-state index is 0.0716. The number of hydrogen-bond acceptors (Lipinski definition) is 3. The van der Waals surface area contributed by atoms with Gasteiger partial charge in [-0.25, -0.2) is 0 Å². The second kappa shape index (κ2) is 10.0. The molecule has 2 aromatic carbocycles. The van der Waals surface area contributed by atoms with E-state index in [2.05, 4.69) is 48.7 Å². The lowest BCUT2D eigenvalue weighted by Crippen LogP contribution is -2.54. The van der Waals surface area contributed by atoms with Gasteiger partial charge in [0.2, 0.25) is 0 Å². The zero-order chi connectivity index (χ0) is 19.0. The van der Waals surface area contributed by atoms with Crippen LogP contribution in [0.2, 0.25) is 5.02 Å². The van der Waals surface area contributed by atoms with Gasteiger partial charge >= 0.3 is 0 Å². The Bertz CT molecular complexity index is 717. The van der Waals surface area contributed by atoms with E-state index >= 15 is 0 Å². The number of benzene rings is 2. The summed E-state index contributed by atoms with van der Waals surface area (Å²) in [6, 6.07) is 18.3. The molecule has 1 N–H and O–H groups in total. The first-order valence-electron chi connectivity index (χ1n) is 9.66. The molecule has 0 aromatic heterocycles. The Morgan fingerprint density at radius 2 is 1.89 bits per heavy atom. The zero-order valence-corrected chi connectivity index (χ0v) is 16.6. The van der Waals surface area contributed by atoms with Crippen LogP contribution in [0, 0.1) is 0 Å². The van der Waals surface area contributed by atoms with E-state index in [0.717, 1.165) is 42.1 Å². The highest BCUT2D eigenvalue weighted by atomic mass is 35.5. The summed E-state index contributed by atoms with van der Waals surface area (Å²) in [4.78, 5) is 0. The second-order valence-corrected chi connectivity index (χ2v) is 7.26. The van der Waals surface area contributed by atoms with Crippen LogP contribution in [-0.2, 0) is 21.7 Å². The Hall–Kier alpha value is -1.65. The van der Waals surface area contributed by atoms with E-state index in [1.165, 1.54) is 0 Å². The van der Waals surface area contributed by atoms with Gasteiger partial charge in [0.25, 0.3) is 0 Å². The Morgan fingerprint density at radius 1 is 1.11 bits per heavy atom. The molecule has 27 heavy (non-hydrogen) atoms. The molecule has 0 saturated carbocycles. The maximum atomic E-state index is 6.62. The van der Waals surface area contributed by atoms with Gasteiger partial charge in [0.05, 0.1) is 13.2 Å². The van der Waals surface area contributed by atoms with Crippen molar-refractivity contribution in [1.29, 1.82) is 0 Å². The van der Waals surface area contributed by atoms with Crippen molar-refractivity contribution in [2.24, 2.45) is 0 Å². The van der Waals surface area contributed by atoms with Gasteiger partial charge in [0.1, 0.15) is 11.7 Å². The molecule has 1 saturated heterocycles. The summed E-state index contributed by atoms with van der Waals surface area (Å²) in [6.07, 6.45) is 6.00. The first kappa shape index (κ1) is 20.1. The molecule has 3 nitrogen and oxygen atoms in total. The van der Waals surface area contributed by atoms with E-state index < -0.39 is 5.60 Å². The predicted octanol–water partition coefficient (Wildman–Crippen LogP) is 5.10. The standard InChI is InChI=1S/C23H28ClNO2/c1-2-3-7-16-26-22-17-25-15-14-23(22,20-10-12-21(24)13-11-20)27-18-19-8-5-4-6-9-19/h3-13,22,25H,2,14-18H2,1H3/b7-3+/t22-,23-/m0/s1. The molecule has 2 atom stereocenters. The molecule has 1 fully saturated rings. The summed E-state index contributed by atoms with van der Waals surface area (Å²) >= 11 is 6.13. The average Bonchev–Trinajstić information content (AvgIpc) is 2.72. The molecule has 0 radical (unpaired) electrons. The highest BCUT2D eigenvalue weighted by Gasteiger charge is 2.44. The van der Waals surface area contributed by atoms with Crippen LogP contribution in [0.5, 0.6) is 0 Å². The van der Waals surface area contributed by atoms with Gasteiger partial charge in [-0.2, -0.15) is 0 Å². The maximum absolute atomic E-state index is 6.62. The topological polar surface area (TPSA) is 30.5 Å². The summed E-state index contributed by atoms with van der Waals surface area (Å²) in [5.41, 5.74) is 1.79. The number of ether oxygens (including phenoxy) is 2. The third kappa shape index (κ3) is 5.20. The summed E-state index contributed by atoms with van der Waals surface area (Å²) < 4.78 is 12.9. The molecule has 0 aliphatic carbocycles. The highest BCUT2D eigenvalue weighted by molar-refractivity contribution is 6.30. The minimum atomic E-state index is -0.494. The molecule has 1 aliphatic rings. The number of hydrogen-bond donors (Lipinski definition) is 1. The summed E-state index contributed by atoms with van der Waals surface area (Å²) in [7, 11) is 0. The van der Waals surface area contributed by atoms with E-state index in [1.54, 1.807) is 0 Å². The molecule has 3 rings (SSSR count). The summed E-state index contributed by atoms with van der Waals surface area (Å²) in [5, 5.41) is 4.19. The van der Waals surface area contributed by atoms with E-state index in [1.807, 2.05) is 30.3 Å². The smallest absolute Gasteiger partial charge is 0.122 e. The van der Waals surface area contributed by atoms with Gasteiger partial charge in [-0.1, -0.05) is 73.1 Å². The SMILES string of the molecule is CC/C=C/CO[C@H]1CNCC[C@]1(OCc1ccccc1)c1ccc(Cl)cc1. The van der Waals surface area contributed by atoms with Gasteiger partial charge in [-0.3, -0.25) is 0 Å². The molecule has 2 aromatic rings. The van der Waals surface area contributed by atoms with Crippen LogP contribution in [0.25, 0.3) is 0 Å². The van der Waals surface area contributed by atoms with Crippen molar-refractivity contribution in [2.45, 2.75) is 38.1 Å². The van der Waals surface area contributed by atoms with Crippen LogP contribution < -0.4 is 5.32 Å². The Labute approximate surface area is 167 Å². The lowest BCUT2D eigenvalue weighted by atomic mass is 9.82. The van der Waals surface area contributed by atoms with Crippen molar-refractivity contribution in [2.75, 3.05) is 19.7 Å². The first-order chi connectivity index (χ1) is 13.2. The number of nitrogens with one attached hydrogen (secondary N) is 1. The Balaban J connectivity index is 1.86. The van der Waals surface area contributed by atoms with Crippen LogP contribution in [0.1, 0.15) is 30.9 Å². The Kier molecular flexibility index (Phi) is 7.48. The largest absolute Gasteiger partial charge is 0.369 e. The third-order valence-electron chi connectivity index (χ3n) is 4.99.